The molecule has 0 saturated heterocycles. The molecule has 11 heteroatoms. The second-order valence-corrected chi connectivity index (χ2v) is 10.2. The van der Waals surface area contributed by atoms with Gasteiger partial charge in [0, 0.05) is 11.6 Å². The van der Waals surface area contributed by atoms with E-state index in [1.165, 1.54) is 28.0 Å². The highest BCUT2D eigenvalue weighted by atomic mass is 35.5. The van der Waals surface area contributed by atoms with Gasteiger partial charge < -0.3 is 19.0 Å². The van der Waals surface area contributed by atoms with Gasteiger partial charge in [-0.3, -0.25) is 9.36 Å². The molecule has 1 atom stereocenters. The van der Waals surface area contributed by atoms with E-state index in [1.807, 2.05) is 6.07 Å². The van der Waals surface area contributed by atoms with Gasteiger partial charge in [-0.05, 0) is 55.8 Å². The van der Waals surface area contributed by atoms with Crippen molar-refractivity contribution < 1.29 is 28.6 Å². The van der Waals surface area contributed by atoms with E-state index in [0.717, 1.165) is 0 Å². The molecule has 2 aromatic carbocycles. The molecule has 0 aliphatic carbocycles. The van der Waals surface area contributed by atoms with Gasteiger partial charge in [0.15, 0.2) is 4.80 Å². The quantitative estimate of drug-likeness (QED) is 0.322. The second-order valence-electron chi connectivity index (χ2n) is 8.78. The number of furan rings is 1. The topological polar surface area (TPSA) is 120 Å². The average Bonchev–Trinajstić information content (AvgIpc) is 3.52. The largest absolute Gasteiger partial charge is 0.497 e. The number of carboxylic acid groups (broad SMARTS) is 1. The molecule has 40 heavy (non-hydrogen) atoms. The first-order valence-corrected chi connectivity index (χ1v) is 13.4. The molecule has 204 valence electrons. The number of nitrogens with zero attached hydrogens (tertiary/aromatic N) is 2. The highest BCUT2D eigenvalue weighted by Gasteiger charge is 2.33. The Morgan fingerprint density at radius 2 is 2.00 bits per heavy atom. The summed E-state index contributed by atoms with van der Waals surface area (Å²) in [6.07, 6.45) is 1.60. The molecule has 1 aliphatic heterocycles. The molecular formula is C29H23ClN2O7S. The summed E-state index contributed by atoms with van der Waals surface area (Å²) < 4.78 is 18.5. The first kappa shape index (κ1) is 27.2. The number of rotatable bonds is 7. The lowest BCUT2D eigenvalue weighted by atomic mass is 9.95. The highest BCUT2D eigenvalue weighted by Crippen LogP contribution is 2.32. The Labute approximate surface area is 236 Å². The molecule has 0 saturated carbocycles. The molecule has 1 N–H and O–H groups in total. The number of aromatic nitrogens is 1. The van der Waals surface area contributed by atoms with Crippen molar-refractivity contribution >= 4 is 41.0 Å². The van der Waals surface area contributed by atoms with Crippen molar-refractivity contribution in [3.8, 4) is 17.1 Å². The van der Waals surface area contributed by atoms with E-state index >= 15 is 0 Å². The summed E-state index contributed by atoms with van der Waals surface area (Å²) in [6.45, 7) is 3.61. The normalized spacial score (nSPS) is 15.0. The van der Waals surface area contributed by atoms with Gasteiger partial charge in [0.2, 0.25) is 0 Å². The highest BCUT2D eigenvalue weighted by molar-refractivity contribution is 7.07. The Bertz CT molecular complexity index is 1870. The van der Waals surface area contributed by atoms with E-state index in [4.69, 9.17) is 25.5 Å². The molecule has 0 amide bonds. The second kappa shape index (κ2) is 11.0. The van der Waals surface area contributed by atoms with E-state index in [2.05, 4.69) is 4.99 Å². The summed E-state index contributed by atoms with van der Waals surface area (Å²) >= 11 is 7.28. The smallest absolute Gasteiger partial charge is 0.338 e. The first-order valence-electron chi connectivity index (χ1n) is 12.2. The van der Waals surface area contributed by atoms with Crippen LogP contribution in [0.15, 0.2) is 80.1 Å². The summed E-state index contributed by atoms with van der Waals surface area (Å²) in [5.74, 6) is -0.239. The van der Waals surface area contributed by atoms with Crippen molar-refractivity contribution in [3.05, 3.63) is 107 Å². The molecule has 3 heterocycles. The number of fused-ring (bicyclic) bond motifs is 1. The van der Waals surface area contributed by atoms with Crippen LogP contribution in [0, 0.1) is 0 Å². The van der Waals surface area contributed by atoms with Crippen LogP contribution in [0.3, 0.4) is 0 Å². The van der Waals surface area contributed by atoms with Crippen LogP contribution in [0.5, 0.6) is 5.75 Å². The Balaban J connectivity index is 1.61. The fourth-order valence-electron chi connectivity index (χ4n) is 4.48. The molecular weight excluding hydrogens is 556 g/mol. The van der Waals surface area contributed by atoms with Gasteiger partial charge >= 0.3 is 11.9 Å². The van der Waals surface area contributed by atoms with Crippen molar-refractivity contribution in [2.24, 2.45) is 4.99 Å². The number of benzene rings is 2. The third-order valence-corrected chi connectivity index (χ3v) is 7.61. The maximum absolute atomic E-state index is 13.8. The van der Waals surface area contributed by atoms with Crippen LogP contribution in [-0.4, -0.2) is 35.3 Å². The van der Waals surface area contributed by atoms with Crippen LogP contribution in [-0.2, 0) is 9.53 Å². The molecule has 0 fully saturated rings. The zero-order valence-corrected chi connectivity index (χ0v) is 23.2. The zero-order chi connectivity index (χ0) is 28.6. The Kier molecular flexibility index (Phi) is 7.46. The Hall–Kier alpha value is -4.41. The van der Waals surface area contributed by atoms with E-state index in [9.17, 15) is 19.5 Å². The van der Waals surface area contributed by atoms with Crippen molar-refractivity contribution in [3.63, 3.8) is 0 Å². The molecule has 0 unspecified atom stereocenters. The molecule has 9 nitrogen and oxygen atoms in total. The van der Waals surface area contributed by atoms with E-state index in [0.29, 0.717) is 43.4 Å². The number of thiazole rings is 1. The average molecular weight is 579 g/mol. The minimum absolute atomic E-state index is 0.0126. The van der Waals surface area contributed by atoms with Crippen LogP contribution in [0.4, 0.5) is 0 Å². The van der Waals surface area contributed by atoms with Gasteiger partial charge in [0.05, 0.1) is 46.1 Å². The summed E-state index contributed by atoms with van der Waals surface area (Å²) in [7, 11) is 1.55. The number of methoxy groups -OCH3 is 1. The number of ether oxygens (including phenoxy) is 2. The monoisotopic (exact) mass is 578 g/mol. The van der Waals surface area contributed by atoms with Crippen LogP contribution in [0.1, 0.15) is 41.6 Å². The molecule has 4 aromatic rings. The van der Waals surface area contributed by atoms with E-state index in [1.54, 1.807) is 63.4 Å². The number of hydrogen-bond donors (Lipinski definition) is 1. The van der Waals surface area contributed by atoms with Gasteiger partial charge in [0.1, 0.15) is 17.3 Å². The van der Waals surface area contributed by atoms with Crippen molar-refractivity contribution in [1.29, 1.82) is 0 Å². The number of carbonyl (C=O) groups is 2. The van der Waals surface area contributed by atoms with Gasteiger partial charge in [-0.2, -0.15) is 0 Å². The summed E-state index contributed by atoms with van der Waals surface area (Å²) in [5, 5.41) is 9.30. The van der Waals surface area contributed by atoms with E-state index in [-0.39, 0.29) is 28.3 Å². The standard InChI is InChI=1S/C29H23ClN2O7S/c1-4-38-28(36)24-15(2)31-29-32(25(24)17-6-5-7-18(12-17)37-3)26(33)23(40-29)14-19-9-11-22(39-19)16-8-10-20(27(34)35)21(30)13-16/h5-14,25H,4H2,1-3H3,(H,34,35)/b23-14-/t25-/m0/s1. The van der Waals surface area contributed by atoms with Crippen molar-refractivity contribution in [2.75, 3.05) is 13.7 Å². The molecule has 2 aromatic heterocycles. The minimum Gasteiger partial charge on any atom is -0.497 e. The summed E-state index contributed by atoms with van der Waals surface area (Å²) in [6, 6.07) is 14.3. The lowest BCUT2D eigenvalue weighted by molar-refractivity contribution is -0.139. The van der Waals surface area contributed by atoms with Gasteiger partial charge in [-0.25, -0.2) is 14.6 Å². The SMILES string of the molecule is CCOC(=O)C1=C(C)N=c2s/c(=C\c3ccc(-c4ccc(C(=O)O)c(Cl)c4)o3)c(=O)n2[C@H]1c1cccc(OC)c1. The maximum atomic E-state index is 13.8. The van der Waals surface area contributed by atoms with Gasteiger partial charge in [0.25, 0.3) is 5.56 Å². The first-order chi connectivity index (χ1) is 19.2. The summed E-state index contributed by atoms with van der Waals surface area (Å²) in [5.41, 5.74) is 1.63. The van der Waals surface area contributed by atoms with Crippen LogP contribution in [0.2, 0.25) is 5.02 Å². The Morgan fingerprint density at radius 1 is 1.20 bits per heavy atom. The van der Waals surface area contributed by atoms with Gasteiger partial charge in [-0.15, -0.1) is 0 Å². The number of allylic oxidation sites excluding steroid dienone is 1. The fraction of sp³-hybridized carbons (Fsp3) is 0.172. The number of esters is 1. The number of halogens is 1. The molecule has 1 aliphatic rings. The molecule has 0 radical (unpaired) electrons. The van der Waals surface area contributed by atoms with Crippen LogP contribution < -0.4 is 19.6 Å². The summed E-state index contributed by atoms with van der Waals surface area (Å²) in [4.78, 5) is 43.1. The van der Waals surface area contributed by atoms with Crippen LogP contribution >= 0.6 is 22.9 Å². The molecule has 5 rings (SSSR count). The minimum atomic E-state index is -1.12. The third-order valence-electron chi connectivity index (χ3n) is 6.31. The zero-order valence-electron chi connectivity index (χ0n) is 21.6. The number of hydrogen-bond acceptors (Lipinski definition) is 8. The van der Waals surface area contributed by atoms with Gasteiger partial charge in [-0.1, -0.05) is 41.1 Å². The third kappa shape index (κ3) is 4.99. The maximum Gasteiger partial charge on any atom is 0.338 e. The fourth-order valence-corrected chi connectivity index (χ4v) is 5.76. The predicted molar refractivity (Wildman–Crippen MR) is 150 cm³/mol. The Morgan fingerprint density at radius 3 is 2.70 bits per heavy atom. The van der Waals surface area contributed by atoms with Crippen LogP contribution in [0.25, 0.3) is 17.4 Å². The predicted octanol–water partition coefficient (Wildman–Crippen LogP) is 4.42. The molecule has 0 spiro atoms. The van der Waals surface area contributed by atoms with Crippen molar-refractivity contribution in [1.82, 2.24) is 4.57 Å². The molecule has 0 bridgehead atoms. The number of carboxylic acids is 1. The lowest BCUT2D eigenvalue weighted by Crippen LogP contribution is -2.39. The van der Waals surface area contributed by atoms with E-state index < -0.39 is 18.0 Å². The van der Waals surface area contributed by atoms with Crippen molar-refractivity contribution in [2.45, 2.75) is 19.9 Å². The number of carbonyl (C=O) groups excluding carboxylic acids is 1. The number of aromatic carboxylic acids is 1. The lowest BCUT2D eigenvalue weighted by Gasteiger charge is -2.24.